The summed E-state index contributed by atoms with van der Waals surface area (Å²) < 4.78 is 42.0. The number of ether oxygens (including phenoxy) is 1. The van der Waals surface area contributed by atoms with E-state index in [0.29, 0.717) is 0 Å². The summed E-state index contributed by atoms with van der Waals surface area (Å²) in [6, 6.07) is 1.75. The lowest BCUT2D eigenvalue weighted by molar-refractivity contribution is -0.175. The van der Waals surface area contributed by atoms with Gasteiger partial charge in [-0.05, 0) is 41.9 Å². The summed E-state index contributed by atoms with van der Waals surface area (Å²) in [5, 5.41) is 3.21. The molecule has 0 aliphatic carbocycles. The van der Waals surface area contributed by atoms with Gasteiger partial charge in [-0.1, -0.05) is 6.92 Å². The molecule has 0 amide bonds. The van der Waals surface area contributed by atoms with Gasteiger partial charge < -0.3 is 10.1 Å². The van der Waals surface area contributed by atoms with Crippen LogP contribution in [0.3, 0.4) is 0 Å². The van der Waals surface area contributed by atoms with Crippen molar-refractivity contribution >= 4 is 27.3 Å². The number of hydrogen-bond acceptors (Lipinski definition) is 3. The van der Waals surface area contributed by atoms with Crippen molar-refractivity contribution in [2.24, 2.45) is 0 Å². The quantitative estimate of drug-likeness (QED) is 0.776. The van der Waals surface area contributed by atoms with E-state index in [2.05, 4.69) is 21.2 Å². The summed E-state index contributed by atoms with van der Waals surface area (Å²) in [6.07, 6.45) is -3.37. The van der Waals surface area contributed by atoms with Gasteiger partial charge in [-0.2, -0.15) is 13.2 Å². The SMILES string of the molecule is CCCNC(COCC(F)(F)F)c1sc(C)cc1Br. The number of aryl methyl sites for hydroxylation is 1. The van der Waals surface area contributed by atoms with E-state index in [1.807, 2.05) is 19.9 Å². The molecular formula is C12H17BrF3NOS. The van der Waals surface area contributed by atoms with Crippen LogP contribution in [0.4, 0.5) is 13.2 Å². The van der Waals surface area contributed by atoms with Gasteiger partial charge in [0, 0.05) is 14.2 Å². The predicted molar refractivity (Wildman–Crippen MR) is 74.7 cm³/mol. The Morgan fingerprint density at radius 1 is 1.47 bits per heavy atom. The maximum atomic E-state index is 12.1. The van der Waals surface area contributed by atoms with Gasteiger partial charge >= 0.3 is 6.18 Å². The molecule has 1 aromatic heterocycles. The van der Waals surface area contributed by atoms with Gasteiger partial charge in [0.05, 0.1) is 12.6 Å². The maximum absolute atomic E-state index is 12.1. The second-order valence-corrected chi connectivity index (χ2v) is 6.35. The van der Waals surface area contributed by atoms with Gasteiger partial charge in [0.2, 0.25) is 0 Å². The topological polar surface area (TPSA) is 21.3 Å². The van der Waals surface area contributed by atoms with Crippen LogP contribution in [0, 0.1) is 6.92 Å². The standard InChI is InChI=1S/C12H17BrF3NOS/c1-3-4-17-10(6-18-7-12(14,15)16)11-9(13)5-8(2)19-11/h5,10,17H,3-4,6-7H2,1-2H3. The Morgan fingerprint density at radius 2 is 2.16 bits per heavy atom. The predicted octanol–water partition coefficient (Wildman–Crippen LogP) is 4.44. The number of alkyl halides is 3. The van der Waals surface area contributed by atoms with Crippen LogP contribution < -0.4 is 5.32 Å². The summed E-state index contributed by atoms with van der Waals surface area (Å²) in [6.45, 7) is 3.52. The van der Waals surface area contributed by atoms with Gasteiger partial charge in [0.25, 0.3) is 0 Å². The Bertz CT molecular complexity index is 395. The molecule has 0 aliphatic rings. The molecule has 0 fully saturated rings. The van der Waals surface area contributed by atoms with Crippen LogP contribution >= 0.6 is 27.3 Å². The first-order valence-corrected chi connectivity index (χ1v) is 7.58. The van der Waals surface area contributed by atoms with E-state index in [1.54, 1.807) is 11.3 Å². The van der Waals surface area contributed by atoms with Crippen LogP contribution in [0.25, 0.3) is 0 Å². The molecule has 110 valence electrons. The van der Waals surface area contributed by atoms with Gasteiger partial charge in [-0.25, -0.2) is 0 Å². The van der Waals surface area contributed by atoms with Crippen molar-refractivity contribution in [3.63, 3.8) is 0 Å². The highest BCUT2D eigenvalue weighted by Crippen LogP contribution is 2.32. The maximum Gasteiger partial charge on any atom is 0.411 e. The van der Waals surface area contributed by atoms with Crippen LogP contribution in [-0.4, -0.2) is 25.9 Å². The first-order chi connectivity index (χ1) is 8.83. The number of halogens is 4. The second-order valence-electron chi connectivity index (χ2n) is 4.21. The molecule has 0 radical (unpaired) electrons. The summed E-state index contributed by atoms with van der Waals surface area (Å²) in [5.41, 5.74) is 0. The third kappa shape index (κ3) is 6.25. The third-order valence-corrected chi connectivity index (χ3v) is 4.43. The highest BCUT2D eigenvalue weighted by Gasteiger charge is 2.28. The minimum absolute atomic E-state index is 0.0120. The largest absolute Gasteiger partial charge is 0.411 e. The normalized spacial score (nSPS) is 13.8. The minimum Gasteiger partial charge on any atom is -0.370 e. The van der Waals surface area contributed by atoms with Crippen molar-refractivity contribution in [2.45, 2.75) is 32.5 Å². The fraction of sp³-hybridized carbons (Fsp3) is 0.667. The Hall–Kier alpha value is -0.110. The zero-order valence-corrected chi connectivity index (χ0v) is 13.2. The van der Waals surface area contributed by atoms with Gasteiger partial charge in [-0.3, -0.25) is 0 Å². The van der Waals surface area contributed by atoms with Crippen LogP contribution in [0.15, 0.2) is 10.5 Å². The van der Waals surface area contributed by atoms with Crippen molar-refractivity contribution in [3.05, 3.63) is 20.3 Å². The molecule has 19 heavy (non-hydrogen) atoms. The average molecular weight is 360 g/mol. The number of thiophene rings is 1. The highest BCUT2D eigenvalue weighted by molar-refractivity contribution is 9.10. The van der Waals surface area contributed by atoms with Crippen LogP contribution in [0.1, 0.15) is 29.1 Å². The molecule has 1 atom stereocenters. The number of hydrogen-bond donors (Lipinski definition) is 1. The second kappa shape index (κ2) is 7.61. The number of rotatable bonds is 7. The van der Waals surface area contributed by atoms with Gasteiger partial charge in [0.15, 0.2) is 0 Å². The molecule has 7 heteroatoms. The van der Waals surface area contributed by atoms with E-state index in [4.69, 9.17) is 4.74 Å². The van der Waals surface area contributed by atoms with Crippen molar-refractivity contribution < 1.29 is 17.9 Å². The molecule has 0 saturated heterocycles. The first-order valence-electron chi connectivity index (χ1n) is 5.97. The summed E-state index contributed by atoms with van der Waals surface area (Å²) >= 11 is 4.99. The van der Waals surface area contributed by atoms with E-state index >= 15 is 0 Å². The van der Waals surface area contributed by atoms with E-state index in [0.717, 1.165) is 27.2 Å². The van der Waals surface area contributed by atoms with Crippen molar-refractivity contribution in [1.29, 1.82) is 0 Å². The highest BCUT2D eigenvalue weighted by atomic mass is 79.9. The van der Waals surface area contributed by atoms with Crippen molar-refractivity contribution in [3.8, 4) is 0 Å². The average Bonchev–Trinajstić information content (AvgIpc) is 2.61. The lowest BCUT2D eigenvalue weighted by atomic mass is 10.2. The molecule has 1 aromatic rings. The van der Waals surface area contributed by atoms with Gasteiger partial charge in [-0.15, -0.1) is 11.3 Å². The first kappa shape index (κ1) is 16.9. The smallest absolute Gasteiger partial charge is 0.370 e. The van der Waals surface area contributed by atoms with Crippen LogP contribution in [0.5, 0.6) is 0 Å². The monoisotopic (exact) mass is 359 g/mol. The summed E-state index contributed by atoms with van der Waals surface area (Å²) in [5.74, 6) is 0. The van der Waals surface area contributed by atoms with E-state index < -0.39 is 12.8 Å². The third-order valence-electron chi connectivity index (χ3n) is 2.34. The molecular weight excluding hydrogens is 343 g/mol. The molecule has 1 unspecified atom stereocenters. The molecule has 0 spiro atoms. The lowest BCUT2D eigenvalue weighted by Gasteiger charge is -2.18. The number of nitrogens with one attached hydrogen (secondary N) is 1. The van der Waals surface area contributed by atoms with Gasteiger partial charge in [0.1, 0.15) is 6.61 Å². The van der Waals surface area contributed by atoms with E-state index in [-0.39, 0.29) is 12.6 Å². The van der Waals surface area contributed by atoms with E-state index in [9.17, 15) is 13.2 Å². The molecule has 0 saturated carbocycles. The minimum atomic E-state index is -4.28. The Kier molecular flexibility index (Phi) is 6.79. The molecule has 0 aliphatic heterocycles. The zero-order chi connectivity index (χ0) is 14.5. The van der Waals surface area contributed by atoms with Crippen molar-refractivity contribution in [2.75, 3.05) is 19.8 Å². The lowest BCUT2D eigenvalue weighted by Crippen LogP contribution is -2.28. The molecule has 1 heterocycles. The molecule has 1 N–H and O–H groups in total. The Balaban J connectivity index is 2.64. The Labute approximate surface area is 123 Å². The summed E-state index contributed by atoms with van der Waals surface area (Å²) in [4.78, 5) is 2.09. The molecule has 2 nitrogen and oxygen atoms in total. The van der Waals surface area contributed by atoms with Crippen molar-refractivity contribution in [1.82, 2.24) is 5.32 Å². The fourth-order valence-corrected chi connectivity index (χ4v) is 3.56. The molecule has 0 bridgehead atoms. The van der Waals surface area contributed by atoms with Crippen LogP contribution in [0.2, 0.25) is 0 Å². The molecule has 0 aromatic carbocycles. The Morgan fingerprint density at radius 3 is 2.63 bits per heavy atom. The zero-order valence-electron chi connectivity index (χ0n) is 10.8. The van der Waals surface area contributed by atoms with E-state index in [1.165, 1.54) is 0 Å². The summed E-state index contributed by atoms with van der Waals surface area (Å²) in [7, 11) is 0. The van der Waals surface area contributed by atoms with Crippen LogP contribution in [-0.2, 0) is 4.74 Å². The fourth-order valence-electron chi connectivity index (χ4n) is 1.58. The molecule has 1 rings (SSSR count).